The number of methoxy groups -OCH3 is 1. The molecule has 9 nitrogen and oxygen atoms in total. The lowest BCUT2D eigenvalue weighted by Gasteiger charge is -2.11. The van der Waals surface area contributed by atoms with Gasteiger partial charge in [-0.15, -0.1) is 0 Å². The van der Waals surface area contributed by atoms with Gasteiger partial charge in [0, 0.05) is 24.9 Å². The van der Waals surface area contributed by atoms with Crippen molar-refractivity contribution in [2.24, 2.45) is 0 Å². The van der Waals surface area contributed by atoms with Gasteiger partial charge in [0.05, 0.1) is 18.2 Å². The number of fused-ring (bicyclic) bond motifs is 1. The number of carbonyl (C=O) groups is 1. The van der Waals surface area contributed by atoms with Crippen molar-refractivity contribution in [3.63, 3.8) is 0 Å². The van der Waals surface area contributed by atoms with Gasteiger partial charge in [-0.2, -0.15) is 0 Å². The second-order valence-electron chi connectivity index (χ2n) is 9.10. The van der Waals surface area contributed by atoms with Gasteiger partial charge in [0.1, 0.15) is 46.5 Å². The first-order valence-corrected chi connectivity index (χ1v) is 14.2. The Hall–Kier alpha value is -4.16. The van der Waals surface area contributed by atoms with Gasteiger partial charge in [-0.05, 0) is 41.5 Å². The van der Waals surface area contributed by atoms with Crippen LogP contribution in [-0.2, 0) is 27.4 Å². The molecule has 0 aliphatic heterocycles. The van der Waals surface area contributed by atoms with Crippen LogP contribution in [0.4, 0.5) is 15.9 Å². The first-order valence-electron chi connectivity index (χ1n) is 13.0. The van der Waals surface area contributed by atoms with Crippen LogP contribution in [0.15, 0.2) is 73.1 Å². The molecule has 5 rings (SSSR count). The van der Waals surface area contributed by atoms with E-state index in [0.717, 1.165) is 21.0 Å². The molecule has 2 aromatic heterocycles. The Balaban J connectivity index is 1.22. The minimum Gasteiger partial charge on any atom is -0.487 e. The molecule has 42 heavy (non-hydrogen) atoms. The number of ether oxygens (including phenoxy) is 3. The average Bonchev–Trinajstić information content (AvgIpc) is 3.44. The minimum absolute atomic E-state index is 0.00868. The number of hydrogen-bond acceptors (Lipinski definition) is 9. The van der Waals surface area contributed by atoms with Crippen molar-refractivity contribution in [2.75, 3.05) is 32.2 Å². The Kier molecular flexibility index (Phi) is 9.88. The molecule has 5 aromatic rings. The lowest BCUT2D eigenvalue weighted by molar-refractivity contribution is -0.126. The first kappa shape index (κ1) is 29.3. The van der Waals surface area contributed by atoms with Crippen LogP contribution in [-0.4, -0.2) is 47.8 Å². The van der Waals surface area contributed by atoms with Gasteiger partial charge in [-0.25, -0.2) is 19.3 Å². The first-order chi connectivity index (χ1) is 20.5. The summed E-state index contributed by atoms with van der Waals surface area (Å²) in [6, 6.07) is 19.3. The predicted octanol–water partition coefficient (Wildman–Crippen LogP) is 6.15. The molecule has 0 spiro atoms. The number of aromatic nitrogens is 3. The van der Waals surface area contributed by atoms with E-state index >= 15 is 0 Å². The molecule has 1 amide bonds. The number of nitrogens with one attached hydrogen (secondary N) is 2. The fraction of sp³-hybridized carbons (Fsp3) is 0.200. The summed E-state index contributed by atoms with van der Waals surface area (Å²) in [7, 11) is 1.58. The molecule has 0 fully saturated rings. The number of thiazole rings is 1. The topological polar surface area (TPSA) is 107 Å². The SMILES string of the molecule is COCCOCC(=O)NCc1ccc(-c2nc3c(Nc4ccc(OCc5cccc(F)c5)c(Cl)c4)ncnc3s2)cc1. The fourth-order valence-electron chi connectivity index (χ4n) is 3.91. The van der Waals surface area contributed by atoms with Crippen LogP contribution >= 0.6 is 22.9 Å². The highest BCUT2D eigenvalue weighted by molar-refractivity contribution is 7.21. The van der Waals surface area contributed by atoms with Gasteiger partial charge in [-0.1, -0.05) is 59.3 Å². The standard InChI is InChI=1S/C30H27ClFN5O4S/c1-39-11-12-40-17-26(38)33-15-19-5-7-21(8-6-19)29-37-27-28(34-18-35-30(27)42-29)36-23-9-10-25(24(31)14-23)41-16-20-3-2-4-22(32)13-20/h2-10,13-14,18H,11-12,15-17H2,1H3,(H,33,38)(H,34,35,36). The normalized spacial score (nSPS) is 11.0. The van der Waals surface area contributed by atoms with Gasteiger partial charge in [-0.3, -0.25) is 4.79 Å². The Bertz CT molecular complexity index is 1670. The van der Waals surface area contributed by atoms with Crippen molar-refractivity contribution in [1.29, 1.82) is 0 Å². The Morgan fingerprint density at radius 1 is 1.02 bits per heavy atom. The van der Waals surface area contributed by atoms with E-state index in [2.05, 4.69) is 20.6 Å². The lowest BCUT2D eigenvalue weighted by Crippen LogP contribution is -2.27. The molecule has 216 valence electrons. The molecule has 3 aromatic carbocycles. The zero-order chi connectivity index (χ0) is 29.3. The number of nitrogens with zero attached hydrogens (tertiary/aromatic N) is 3. The molecule has 0 aliphatic carbocycles. The van der Waals surface area contributed by atoms with Gasteiger partial charge in [0.15, 0.2) is 5.82 Å². The van der Waals surface area contributed by atoms with E-state index in [9.17, 15) is 9.18 Å². The molecule has 0 radical (unpaired) electrons. The summed E-state index contributed by atoms with van der Waals surface area (Å²) in [5.41, 5.74) is 3.90. The van der Waals surface area contributed by atoms with Crippen LogP contribution in [0.2, 0.25) is 5.02 Å². The van der Waals surface area contributed by atoms with Gasteiger partial charge in [0.2, 0.25) is 5.91 Å². The number of halogens is 2. The van der Waals surface area contributed by atoms with E-state index in [1.165, 1.54) is 29.8 Å². The highest BCUT2D eigenvalue weighted by Gasteiger charge is 2.14. The summed E-state index contributed by atoms with van der Waals surface area (Å²) in [4.78, 5) is 26.2. The van der Waals surface area contributed by atoms with E-state index in [4.69, 9.17) is 30.8 Å². The number of amides is 1. The molecule has 0 unspecified atom stereocenters. The monoisotopic (exact) mass is 607 g/mol. The van der Waals surface area contributed by atoms with Crippen molar-refractivity contribution < 1.29 is 23.4 Å². The molecular formula is C30H27ClFN5O4S. The quantitative estimate of drug-likeness (QED) is 0.154. The van der Waals surface area contributed by atoms with E-state index in [-0.39, 0.29) is 24.9 Å². The molecule has 0 aliphatic rings. The van der Waals surface area contributed by atoms with Gasteiger partial charge in [0.25, 0.3) is 0 Å². The van der Waals surface area contributed by atoms with Crippen molar-refractivity contribution in [3.8, 4) is 16.3 Å². The van der Waals surface area contributed by atoms with E-state index in [1.807, 2.05) is 30.3 Å². The second kappa shape index (κ2) is 14.1. The van der Waals surface area contributed by atoms with Crippen molar-refractivity contribution in [2.45, 2.75) is 13.2 Å². The lowest BCUT2D eigenvalue weighted by atomic mass is 10.1. The Morgan fingerprint density at radius 2 is 1.88 bits per heavy atom. The zero-order valence-electron chi connectivity index (χ0n) is 22.6. The molecule has 0 saturated heterocycles. The molecule has 2 N–H and O–H groups in total. The number of carbonyl (C=O) groups excluding carboxylic acids is 1. The summed E-state index contributed by atoms with van der Waals surface area (Å²) in [5.74, 6) is 0.515. The number of anilines is 2. The maximum Gasteiger partial charge on any atom is 0.246 e. The van der Waals surface area contributed by atoms with Crippen LogP contribution < -0.4 is 15.4 Å². The molecule has 0 saturated carbocycles. The van der Waals surface area contributed by atoms with E-state index in [1.54, 1.807) is 31.4 Å². The maximum atomic E-state index is 13.4. The average molecular weight is 608 g/mol. The smallest absolute Gasteiger partial charge is 0.246 e. The van der Waals surface area contributed by atoms with Crippen LogP contribution in [0.3, 0.4) is 0 Å². The second-order valence-corrected chi connectivity index (χ2v) is 10.5. The Morgan fingerprint density at radius 3 is 2.67 bits per heavy atom. The third kappa shape index (κ3) is 7.77. The van der Waals surface area contributed by atoms with Crippen LogP contribution in [0.25, 0.3) is 20.9 Å². The van der Waals surface area contributed by atoms with E-state index in [0.29, 0.717) is 53.1 Å². The third-order valence-corrected chi connectivity index (χ3v) is 7.34. The van der Waals surface area contributed by atoms with Crippen molar-refractivity contribution in [1.82, 2.24) is 20.3 Å². The zero-order valence-corrected chi connectivity index (χ0v) is 24.2. The molecule has 0 bridgehead atoms. The largest absolute Gasteiger partial charge is 0.487 e. The summed E-state index contributed by atoms with van der Waals surface area (Å²) < 4.78 is 29.3. The highest BCUT2D eigenvalue weighted by Crippen LogP contribution is 2.34. The van der Waals surface area contributed by atoms with Crippen LogP contribution in [0, 0.1) is 5.82 Å². The molecule has 0 atom stereocenters. The summed E-state index contributed by atoms with van der Waals surface area (Å²) >= 11 is 7.91. The highest BCUT2D eigenvalue weighted by atomic mass is 35.5. The Labute approximate surface area is 250 Å². The van der Waals surface area contributed by atoms with Gasteiger partial charge < -0.3 is 24.8 Å². The number of rotatable bonds is 13. The molecule has 12 heteroatoms. The number of hydrogen-bond donors (Lipinski definition) is 2. The van der Waals surface area contributed by atoms with Crippen molar-refractivity contribution >= 4 is 50.7 Å². The summed E-state index contributed by atoms with van der Waals surface area (Å²) in [6.07, 6.45) is 1.48. The molecular weight excluding hydrogens is 581 g/mol. The predicted molar refractivity (Wildman–Crippen MR) is 161 cm³/mol. The molecule has 2 heterocycles. The fourth-order valence-corrected chi connectivity index (χ4v) is 5.06. The van der Waals surface area contributed by atoms with Crippen molar-refractivity contribution in [3.05, 3.63) is 95.0 Å². The van der Waals surface area contributed by atoms with E-state index < -0.39 is 0 Å². The maximum absolute atomic E-state index is 13.4. The van der Waals surface area contributed by atoms with Crippen LogP contribution in [0.5, 0.6) is 5.75 Å². The summed E-state index contributed by atoms with van der Waals surface area (Å²) in [5, 5.41) is 7.29. The van der Waals surface area contributed by atoms with Crippen LogP contribution in [0.1, 0.15) is 11.1 Å². The third-order valence-electron chi connectivity index (χ3n) is 6.03. The summed E-state index contributed by atoms with van der Waals surface area (Å²) in [6.45, 7) is 1.39. The number of benzene rings is 3. The van der Waals surface area contributed by atoms with Gasteiger partial charge >= 0.3 is 0 Å². The minimum atomic E-state index is -0.318.